The molecule has 0 N–H and O–H groups in total. The molecule has 1 fully saturated rings. The van der Waals surface area contributed by atoms with Gasteiger partial charge in [-0.15, -0.1) is 0 Å². The number of rotatable bonds is 2. The number of alkyl halides is 3. The third kappa shape index (κ3) is 2.62. The second-order valence-corrected chi connectivity index (χ2v) is 9.70. The molecule has 0 radical (unpaired) electrons. The Kier molecular flexibility index (Phi) is 3.82. The molecule has 0 aromatic heterocycles. The minimum atomic E-state index is -3.69. The molecule has 7 heteroatoms. The fourth-order valence-electron chi connectivity index (χ4n) is 3.07. The first-order chi connectivity index (χ1) is 9.71. The van der Waals surface area contributed by atoms with E-state index in [0.29, 0.717) is 6.42 Å². The Hall–Kier alpha value is -0.260. The van der Waals surface area contributed by atoms with Gasteiger partial charge in [0.05, 0.1) is 10.9 Å². The Morgan fingerprint density at radius 2 is 1.76 bits per heavy atom. The van der Waals surface area contributed by atoms with E-state index in [2.05, 4.69) is 0 Å². The molecule has 0 spiro atoms. The lowest BCUT2D eigenvalue weighted by Crippen LogP contribution is -2.49. The van der Waals surface area contributed by atoms with Gasteiger partial charge in [-0.2, -0.15) is 4.31 Å². The minimum absolute atomic E-state index is 0.0530. The van der Waals surface area contributed by atoms with Crippen LogP contribution in [0.25, 0.3) is 0 Å². The van der Waals surface area contributed by atoms with Gasteiger partial charge in [-0.3, -0.25) is 0 Å². The highest BCUT2D eigenvalue weighted by Gasteiger charge is 2.56. The monoisotopic (exact) mass is 365 g/mol. The van der Waals surface area contributed by atoms with Crippen LogP contribution in [0, 0.1) is 12.8 Å². The van der Waals surface area contributed by atoms with Crippen LogP contribution >= 0.6 is 34.8 Å². The Bertz CT molecular complexity index is 679. The number of hydrogen-bond donors (Lipinski definition) is 0. The minimum Gasteiger partial charge on any atom is -0.207 e. The molecule has 0 unspecified atom stereocenters. The number of aryl methyl sites for hydroxylation is 1. The quantitative estimate of drug-likeness (QED) is 0.591. The highest BCUT2D eigenvalue weighted by atomic mass is 35.6. The van der Waals surface area contributed by atoms with Crippen molar-refractivity contribution in [3.63, 3.8) is 0 Å². The number of fused-ring (bicyclic) bond motifs is 2. The van der Waals surface area contributed by atoms with E-state index in [1.54, 1.807) is 24.3 Å². The maximum Gasteiger partial charge on any atom is 0.244 e. The van der Waals surface area contributed by atoms with Gasteiger partial charge in [0.15, 0.2) is 0 Å². The van der Waals surface area contributed by atoms with Gasteiger partial charge in [-0.1, -0.05) is 64.7 Å². The third-order valence-electron chi connectivity index (χ3n) is 4.03. The lowest BCUT2D eigenvalue weighted by atomic mass is 10.0. The number of hydrogen-bond acceptors (Lipinski definition) is 2. The van der Waals surface area contributed by atoms with E-state index >= 15 is 0 Å². The SMILES string of the molecule is Cc1ccc(S(=O)(=O)N2[C@@H]3C=C[C@H](C3)[C@@H]2C(Cl)(Cl)Cl)cc1. The normalized spacial score (nSPS) is 29.2. The summed E-state index contributed by atoms with van der Waals surface area (Å²) < 4.78 is 25.5. The van der Waals surface area contributed by atoms with Crippen LogP contribution in [0.3, 0.4) is 0 Å². The summed E-state index contributed by atoms with van der Waals surface area (Å²) in [7, 11) is -3.69. The number of halogens is 3. The molecular weight excluding hydrogens is 353 g/mol. The predicted octanol–water partition coefficient (Wildman–Crippen LogP) is 3.68. The maximum absolute atomic E-state index is 12.9. The fraction of sp³-hybridized carbons (Fsp3) is 0.429. The Balaban J connectivity index is 2.05. The second-order valence-electron chi connectivity index (χ2n) is 5.49. The lowest BCUT2D eigenvalue weighted by molar-refractivity contribution is 0.327. The van der Waals surface area contributed by atoms with Crippen molar-refractivity contribution in [3.05, 3.63) is 42.0 Å². The summed E-state index contributed by atoms with van der Waals surface area (Å²) in [5.41, 5.74) is 0.995. The molecule has 1 aromatic rings. The third-order valence-corrected chi connectivity index (χ3v) is 6.62. The molecular formula is C14H14Cl3NO2S. The van der Waals surface area contributed by atoms with Crippen LogP contribution in [0.4, 0.5) is 0 Å². The van der Waals surface area contributed by atoms with Gasteiger partial charge in [-0.25, -0.2) is 8.42 Å². The van der Waals surface area contributed by atoms with Crippen LogP contribution in [-0.4, -0.2) is 28.6 Å². The van der Waals surface area contributed by atoms with Crippen LogP contribution in [0.5, 0.6) is 0 Å². The first-order valence-corrected chi connectivity index (χ1v) is 9.14. The largest absolute Gasteiger partial charge is 0.244 e. The zero-order valence-corrected chi connectivity index (χ0v) is 14.3. The van der Waals surface area contributed by atoms with Crippen molar-refractivity contribution in [1.29, 1.82) is 0 Å². The van der Waals surface area contributed by atoms with Gasteiger partial charge in [-0.05, 0) is 31.4 Å². The van der Waals surface area contributed by atoms with Crippen molar-refractivity contribution >= 4 is 44.8 Å². The summed E-state index contributed by atoms with van der Waals surface area (Å²) in [4.78, 5) is 0.230. The van der Waals surface area contributed by atoms with E-state index in [0.717, 1.165) is 5.56 Å². The molecule has 3 atom stereocenters. The predicted molar refractivity (Wildman–Crippen MR) is 85.3 cm³/mol. The lowest BCUT2D eigenvalue weighted by Gasteiger charge is -2.35. The Morgan fingerprint density at radius 3 is 2.33 bits per heavy atom. The van der Waals surface area contributed by atoms with Crippen molar-refractivity contribution in [2.45, 2.75) is 34.1 Å². The van der Waals surface area contributed by atoms with Crippen molar-refractivity contribution < 1.29 is 8.42 Å². The summed E-state index contributed by atoms with van der Waals surface area (Å²) >= 11 is 18.1. The standard InChI is InChI=1S/C14H14Cl3NO2S/c1-9-2-6-12(7-3-9)21(19,20)18-11-5-4-10(8-11)13(18)14(15,16)17/h2-7,10-11,13H,8H2,1H3/t10-,11-,13-/m1/s1. The average molecular weight is 367 g/mol. The van der Waals surface area contributed by atoms with Gasteiger partial charge < -0.3 is 0 Å². The summed E-state index contributed by atoms with van der Waals surface area (Å²) in [6, 6.07) is 5.82. The van der Waals surface area contributed by atoms with E-state index in [4.69, 9.17) is 34.8 Å². The molecule has 1 saturated heterocycles. The highest BCUT2D eigenvalue weighted by Crippen LogP contribution is 2.50. The van der Waals surface area contributed by atoms with E-state index < -0.39 is 19.9 Å². The van der Waals surface area contributed by atoms with Gasteiger partial charge >= 0.3 is 0 Å². The van der Waals surface area contributed by atoms with E-state index in [1.807, 2.05) is 19.1 Å². The molecule has 1 aliphatic carbocycles. The van der Waals surface area contributed by atoms with Crippen molar-refractivity contribution in [1.82, 2.24) is 4.31 Å². The number of nitrogens with zero attached hydrogens (tertiary/aromatic N) is 1. The Labute approximate surface area is 139 Å². The molecule has 2 bridgehead atoms. The highest BCUT2D eigenvalue weighted by molar-refractivity contribution is 7.89. The van der Waals surface area contributed by atoms with Crippen LogP contribution in [0.1, 0.15) is 12.0 Å². The van der Waals surface area contributed by atoms with Crippen molar-refractivity contribution in [2.75, 3.05) is 0 Å². The molecule has 114 valence electrons. The van der Waals surface area contributed by atoms with Crippen molar-refractivity contribution in [3.8, 4) is 0 Å². The topological polar surface area (TPSA) is 37.4 Å². The van der Waals surface area contributed by atoms with E-state index in [1.165, 1.54) is 4.31 Å². The number of sulfonamides is 1. The summed E-state index contributed by atoms with van der Waals surface area (Å²) in [6.45, 7) is 1.90. The summed E-state index contributed by atoms with van der Waals surface area (Å²) in [5, 5.41) is 0. The van der Waals surface area contributed by atoms with Crippen molar-refractivity contribution in [2.24, 2.45) is 5.92 Å². The first kappa shape index (κ1) is 15.6. The smallest absolute Gasteiger partial charge is 0.207 e. The van der Waals surface area contributed by atoms with Gasteiger partial charge in [0, 0.05) is 6.04 Å². The average Bonchev–Trinajstić information content (AvgIpc) is 2.98. The molecule has 2 aliphatic rings. The fourth-order valence-corrected chi connectivity index (χ4v) is 5.90. The van der Waals surface area contributed by atoms with Gasteiger partial charge in [0.2, 0.25) is 13.8 Å². The molecule has 21 heavy (non-hydrogen) atoms. The summed E-state index contributed by atoms with van der Waals surface area (Å²) in [5.74, 6) is -0.0530. The molecule has 1 aliphatic heterocycles. The number of benzene rings is 1. The molecule has 0 amide bonds. The zero-order chi connectivity index (χ0) is 15.4. The van der Waals surface area contributed by atoms with E-state index in [-0.39, 0.29) is 16.9 Å². The van der Waals surface area contributed by atoms with Gasteiger partial charge in [0.1, 0.15) is 0 Å². The first-order valence-electron chi connectivity index (χ1n) is 6.56. The molecule has 0 saturated carbocycles. The molecule has 3 nitrogen and oxygen atoms in total. The molecule has 3 rings (SSSR count). The molecule has 1 heterocycles. The zero-order valence-electron chi connectivity index (χ0n) is 11.2. The Morgan fingerprint density at radius 1 is 1.14 bits per heavy atom. The van der Waals surface area contributed by atoms with Crippen LogP contribution in [0.2, 0.25) is 0 Å². The van der Waals surface area contributed by atoms with E-state index in [9.17, 15) is 8.42 Å². The molecule has 1 aromatic carbocycles. The maximum atomic E-state index is 12.9. The van der Waals surface area contributed by atoms with Crippen LogP contribution < -0.4 is 0 Å². The van der Waals surface area contributed by atoms with Crippen LogP contribution in [-0.2, 0) is 10.0 Å². The van der Waals surface area contributed by atoms with Gasteiger partial charge in [0.25, 0.3) is 0 Å². The summed E-state index contributed by atoms with van der Waals surface area (Å²) in [6.07, 6.45) is 4.49. The second kappa shape index (κ2) is 5.14. The van der Waals surface area contributed by atoms with Crippen LogP contribution in [0.15, 0.2) is 41.3 Å².